The first-order valence-corrected chi connectivity index (χ1v) is 7.29. The van der Waals surface area contributed by atoms with Crippen LogP contribution in [0.15, 0.2) is 36.4 Å². The Morgan fingerprint density at radius 1 is 1.14 bits per heavy atom. The average molecular weight is 287 g/mol. The van der Waals surface area contributed by atoms with Gasteiger partial charge in [0.2, 0.25) is 0 Å². The van der Waals surface area contributed by atoms with Gasteiger partial charge in [0, 0.05) is 13.1 Å². The molecule has 2 N–H and O–H groups in total. The number of hydrogen-bond donors (Lipinski definition) is 2. The fourth-order valence-electron chi connectivity index (χ4n) is 2.35. The summed E-state index contributed by atoms with van der Waals surface area (Å²) >= 11 is 0. The molecule has 2 aromatic carbocycles. The average Bonchev–Trinajstić information content (AvgIpc) is 2.50. The summed E-state index contributed by atoms with van der Waals surface area (Å²) in [7, 11) is 0. The van der Waals surface area contributed by atoms with Crippen molar-refractivity contribution in [2.45, 2.75) is 19.8 Å². The highest BCUT2D eigenvalue weighted by molar-refractivity contribution is 6.01. The number of benzene rings is 2. The van der Waals surface area contributed by atoms with Gasteiger partial charge in [-0.3, -0.25) is 4.79 Å². The third-order valence-corrected chi connectivity index (χ3v) is 3.53. The molecule has 0 saturated carbocycles. The van der Waals surface area contributed by atoms with Crippen molar-refractivity contribution in [2.75, 3.05) is 19.7 Å². The van der Waals surface area contributed by atoms with E-state index >= 15 is 0 Å². The summed E-state index contributed by atoms with van der Waals surface area (Å²) < 4.78 is 0. The molecule has 0 saturated heterocycles. The quantitative estimate of drug-likeness (QED) is 0.859. The molecule has 2 aromatic rings. The Morgan fingerprint density at radius 3 is 2.43 bits per heavy atom. The zero-order valence-corrected chi connectivity index (χ0v) is 12.2. The molecule has 0 aromatic heterocycles. The van der Waals surface area contributed by atoms with E-state index in [0.29, 0.717) is 12.1 Å². The van der Waals surface area contributed by atoms with E-state index < -0.39 is 0 Å². The van der Waals surface area contributed by atoms with E-state index in [1.54, 1.807) is 17.0 Å². The number of aliphatic hydroxyl groups is 1. The maximum atomic E-state index is 12.6. The normalized spacial score (nSPS) is 10.8. The SMILES string of the molecule is CCCCN(CCO)C(=O)c1cc2ccccc2cc1O. The van der Waals surface area contributed by atoms with Gasteiger partial charge in [-0.2, -0.15) is 0 Å². The lowest BCUT2D eigenvalue weighted by Gasteiger charge is -2.22. The first kappa shape index (κ1) is 15.3. The molecular weight excluding hydrogens is 266 g/mol. The Kier molecular flexibility index (Phi) is 5.17. The molecule has 0 aliphatic carbocycles. The molecule has 2 rings (SSSR count). The molecule has 0 fully saturated rings. The Morgan fingerprint density at radius 2 is 1.81 bits per heavy atom. The van der Waals surface area contributed by atoms with E-state index in [2.05, 4.69) is 6.92 Å². The summed E-state index contributed by atoms with van der Waals surface area (Å²) in [6.45, 7) is 2.84. The molecule has 0 unspecified atom stereocenters. The number of hydrogen-bond acceptors (Lipinski definition) is 3. The second-order valence-electron chi connectivity index (χ2n) is 5.09. The molecule has 0 bridgehead atoms. The number of aromatic hydroxyl groups is 1. The summed E-state index contributed by atoms with van der Waals surface area (Å²) in [6.07, 6.45) is 1.85. The lowest BCUT2D eigenvalue weighted by molar-refractivity contribution is 0.0716. The first-order valence-electron chi connectivity index (χ1n) is 7.29. The molecular formula is C17H21NO3. The highest BCUT2D eigenvalue weighted by Crippen LogP contribution is 2.26. The number of nitrogens with zero attached hydrogens (tertiary/aromatic N) is 1. The minimum atomic E-state index is -0.235. The van der Waals surface area contributed by atoms with Crippen LogP contribution in [0.4, 0.5) is 0 Å². The topological polar surface area (TPSA) is 60.8 Å². The van der Waals surface area contributed by atoms with Gasteiger partial charge in [-0.05, 0) is 29.3 Å². The monoisotopic (exact) mass is 287 g/mol. The summed E-state index contributed by atoms with van der Waals surface area (Å²) in [5.74, 6) is -0.251. The Bertz CT molecular complexity index is 624. The number of carbonyl (C=O) groups excluding carboxylic acids is 1. The summed E-state index contributed by atoms with van der Waals surface area (Å²) in [5, 5.41) is 21.0. The van der Waals surface area contributed by atoms with Gasteiger partial charge in [0.15, 0.2) is 0 Å². The minimum Gasteiger partial charge on any atom is -0.507 e. The molecule has 0 aliphatic rings. The van der Waals surface area contributed by atoms with Crippen LogP contribution in [-0.4, -0.2) is 40.7 Å². The van der Waals surface area contributed by atoms with Crippen molar-refractivity contribution in [1.29, 1.82) is 0 Å². The molecule has 0 spiro atoms. The number of unbranched alkanes of at least 4 members (excludes halogenated alkanes) is 1. The van der Waals surface area contributed by atoms with Gasteiger partial charge >= 0.3 is 0 Å². The second-order valence-corrected chi connectivity index (χ2v) is 5.09. The zero-order valence-electron chi connectivity index (χ0n) is 12.2. The largest absolute Gasteiger partial charge is 0.507 e. The predicted molar refractivity (Wildman–Crippen MR) is 83.5 cm³/mol. The van der Waals surface area contributed by atoms with Crippen LogP contribution in [0.2, 0.25) is 0 Å². The molecule has 0 radical (unpaired) electrons. The van der Waals surface area contributed by atoms with Crippen molar-refractivity contribution in [3.63, 3.8) is 0 Å². The van der Waals surface area contributed by atoms with Crippen molar-refractivity contribution in [2.24, 2.45) is 0 Å². The van der Waals surface area contributed by atoms with Crippen LogP contribution in [0.1, 0.15) is 30.1 Å². The van der Waals surface area contributed by atoms with Crippen molar-refractivity contribution in [1.82, 2.24) is 4.90 Å². The highest BCUT2D eigenvalue weighted by Gasteiger charge is 2.18. The Labute approximate surface area is 124 Å². The fraction of sp³-hybridized carbons (Fsp3) is 0.353. The lowest BCUT2D eigenvalue weighted by Crippen LogP contribution is -2.34. The number of fused-ring (bicyclic) bond motifs is 1. The molecule has 0 atom stereocenters. The molecule has 0 heterocycles. The predicted octanol–water partition coefficient (Wildman–Crippen LogP) is 2.78. The van der Waals surface area contributed by atoms with Crippen molar-refractivity contribution >= 4 is 16.7 Å². The van der Waals surface area contributed by atoms with Crippen molar-refractivity contribution < 1.29 is 15.0 Å². The molecule has 0 aliphatic heterocycles. The van der Waals surface area contributed by atoms with Gasteiger partial charge in [0.1, 0.15) is 5.75 Å². The number of carbonyl (C=O) groups is 1. The Balaban J connectivity index is 2.33. The maximum Gasteiger partial charge on any atom is 0.257 e. The maximum absolute atomic E-state index is 12.6. The van der Waals surface area contributed by atoms with Gasteiger partial charge in [0.25, 0.3) is 5.91 Å². The van der Waals surface area contributed by atoms with E-state index in [1.165, 1.54) is 0 Å². The lowest BCUT2D eigenvalue weighted by atomic mass is 10.0. The number of rotatable bonds is 6. The van der Waals surface area contributed by atoms with Crippen LogP contribution in [0, 0.1) is 0 Å². The van der Waals surface area contributed by atoms with Gasteiger partial charge in [-0.25, -0.2) is 0 Å². The number of amides is 1. The van der Waals surface area contributed by atoms with Crippen LogP contribution in [-0.2, 0) is 0 Å². The Hall–Kier alpha value is -2.07. The number of phenolic OH excluding ortho intramolecular Hbond substituents is 1. The molecule has 4 nitrogen and oxygen atoms in total. The number of phenols is 1. The van der Waals surface area contributed by atoms with Gasteiger partial charge < -0.3 is 15.1 Å². The summed E-state index contributed by atoms with van der Waals surface area (Å²) in [4.78, 5) is 14.2. The van der Waals surface area contributed by atoms with Gasteiger partial charge in [0.05, 0.1) is 12.2 Å². The van der Waals surface area contributed by atoms with Crippen molar-refractivity contribution in [3.05, 3.63) is 42.0 Å². The molecule has 4 heteroatoms. The third kappa shape index (κ3) is 3.52. The van der Waals surface area contributed by atoms with Crippen LogP contribution in [0.3, 0.4) is 0 Å². The summed E-state index contributed by atoms with van der Waals surface area (Å²) in [6, 6.07) is 10.9. The minimum absolute atomic E-state index is 0.0156. The van der Waals surface area contributed by atoms with E-state index in [-0.39, 0.29) is 24.8 Å². The highest BCUT2D eigenvalue weighted by atomic mass is 16.3. The molecule has 112 valence electrons. The van der Waals surface area contributed by atoms with E-state index in [9.17, 15) is 9.90 Å². The van der Waals surface area contributed by atoms with Gasteiger partial charge in [-0.1, -0.05) is 37.6 Å². The molecule has 1 amide bonds. The molecule has 21 heavy (non-hydrogen) atoms. The second kappa shape index (κ2) is 7.09. The van der Waals surface area contributed by atoms with Crippen LogP contribution in [0.5, 0.6) is 5.75 Å². The standard InChI is InChI=1S/C17H21NO3/c1-2-3-8-18(9-10-19)17(21)15-11-13-6-4-5-7-14(13)12-16(15)20/h4-7,11-12,19-20H,2-3,8-10H2,1H3. The third-order valence-electron chi connectivity index (χ3n) is 3.53. The smallest absolute Gasteiger partial charge is 0.257 e. The van der Waals surface area contributed by atoms with Crippen LogP contribution in [0.25, 0.3) is 10.8 Å². The van der Waals surface area contributed by atoms with Crippen LogP contribution >= 0.6 is 0 Å². The van der Waals surface area contributed by atoms with Gasteiger partial charge in [-0.15, -0.1) is 0 Å². The van der Waals surface area contributed by atoms with E-state index in [1.807, 2.05) is 24.3 Å². The van der Waals surface area contributed by atoms with E-state index in [4.69, 9.17) is 5.11 Å². The van der Waals surface area contributed by atoms with Crippen molar-refractivity contribution in [3.8, 4) is 5.75 Å². The fourth-order valence-corrected chi connectivity index (χ4v) is 2.35. The van der Waals surface area contributed by atoms with E-state index in [0.717, 1.165) is 23.6 Å². The zero-order chi connectivity index (χ0) is 15.2. The summed E-state index contributed by atoms with van der Waals surface area (Å²) in [5.41, 5.74) is 0.290. The first-order chi connectivity index (χ1) is 10.2. The number of aliphatic hydroxyl groups excluding tert-OH is 1. The van der Waals surface area contributed by atoms with Crippen LogP contribution < -0.4 is 0 Å².